The van der Waals surface area contributed by atoms with Crippen molar-refractivity contribution in [3.05, 3.63) is 29.0 Å². The number of aromatic nitrogens is 3. The van der Waals surface area contributed by atoms with E-state index in [0.717, 1.165) is 30.2 Å². The lowest BCUT2D eigenvalue weighted by Gasteiger charge is -2.11. The van der Waals surface area contributed by atoms with E-state index in [2.05, 4.69) is 15.4 Å². The van der Waals surface area contributed by atoms with Gasteiger partial charge in [-0.1, -0.05) is 11.3 Å². The number of rotatable bonds is 1. The molecule has 0 saturated heterocycles. The van der Waals surface area contributed by atoms with Crippen LogP contribution < -0.4 is 5.32 Å². The lowest BCUT2D eigenvalue weighted by atomic mass is 10.2. The monoisotopic (exact) mass is 246 g/mol. The molecule has 17 heavy (non-hydrogen) atoms. The van der Waals surface area contributed by atoms with Crippen molar-refractivity contribution in [3.8, 4) is 11.6 Å². The molecule has 0 aliphatic carbocycles. The minimum atomic E-state index is 0.669. The molecule has 1 aliphatic heterocycles. The Kier molecular flexibility index (Phi) is 1.88. The number of hydrogen-bond donors (Lipinski definition) is 1. The van der Waals surface area contributed by atoms with E-state index in [9.17, 15) is 0 Å². The summed E-state index contributed by atoms with van der Waals surface area (Å²) in [6, 6.07) is 3.73. The third-order valence-electron chi connectivity index (χ3n) is 2.94. The minimum absolute atomic E-state index is 0.669. The van der Waals surface area contributed by atoms with Gasteiger partial charge in [-0.05, 0) is 12.1 Å². The molecular formula is C11H10N4OS. The summed E-state index contributed by atoms with van der Waals surface area (Å²) in [5.41, 5.74) is 1.29. The van der Waals surface area contributed by atoms with Gasteiger partial charge in [-0.15, -0.1) is 5.10 Å². The second-order valence-electron chi connectivity index (χ2n) is 4.01. The van der Waals surface area contributed by atoms with Crippen molar-refractivity contribution in [1.82, 2.24) is 19.9 Å². The summed E-state index contributed by atoms with van der Waals surface area (Å²) in [7, 11) is 0. The van der Waals surface area contributed by atoms with Crippen LogP contribution in [0.1, 0.15) is 10.6 Å². The van der Waals surface area contributed by atoms with Gasteiger partial charge in [0.15, 0.2) is 5.76 Å². The maximum atomic E-state index is 5.32. The van der Waals surface area contributed by atoms with Crippen LogP contribution in [0.25, 0.3) is 16.5 Å². The van der Waals surface area contributed by atoms with Crippen molar-refractivity contribution < 1.29 is 4.42 Å². The Hall–Kier alpha value is -1.66. The van der Waals surface area contributed by atoms with Gasteiger partial charge in [-0.25, -0.2) is 4.52 Å². The largest absolute Gasteiger partial charge is 0.461 e. The highest BCUT2D eigenvalue weighted by Gasteiger charge is 2.19. The van der Waals surface area contributed by atoms with Crippen LogP contribution in [0.3, 0.4) is 0 Å². The fraction of sp³-hybridized carbons (Fsp3) is 0.273. The molecule has 0 atom stereocenters. The summed E-state index contributed by atoms with van der Waals surface area (Å²) >= 11 is 1.70. The molecule has 86 valence electrons. The van der Waals surface area contributed by atoms with Crippen molar-refractivity contribution in [2.45, 2.75) is 13.0 Å². The molecule has 3 aromatic heterocycles. The summed E-state index contributed by atoms with van der Waals surface area (Å²) in [4.78, 5) is 6.80. The number of hydrogen-bond acceptors (Lipinski definition) is 5. The zero-order valence-corrected chi connectivity index (χ0v) is 9.83. The average molecular weight is 246 g/mol. The lowest BCUT2D eigenvalue weighted by molar-refractivity contribution is 0.576. The molecule has 1 N–H and O–H groups in total. The van der Waals surface area contributed by atoms with E-state index in [1.807, 2.05) is 16.6 Å². The average Bonchev–Trinajstić information content (AvgIpc) is 3.03. The summed E-state index contributed by atoms with van der Waals surface area (Å²) < 4.78 is 7.27. The lowest BCUT2D eigenvalue weighted by Crippen LogP contribution is -2.23. The van der Waals surface area contributed by atoms with Gasteiger partial charge in [0, 0.05) is 24.4 Å². The maximum Gasteiger partial charge on any atom is 0.218 e. The van der Waals surface area contributed by atoms with Gasteiger partial charge in [0.2, 0.25) is 10.8 Å². The Labute approximate surface area is 101 Å². The second-order valence-corrected chi connectivity index (χ2v) is 5.07. The SMILES string of the molecule is c1coc(-c2nc3sc4c(n3n2)CCNC4)c1. The Morgan fingerprint density at radius 3 is 3.35 bits per heavy atom. The first-order chi connectivity index (χ1) is 8.42. The first-order valence-electron chi connectivity index (χ1n) is 5.54. The topological polar surface area (TPSA) is 55.4 Å². The van der Waals surface area contributed by atoms with Crippen molar-refractivity contribution in [2.24, 2.45) is 0 Å². The van der Waals surface area contributed by atoms with Gasteiger partial charge in [0.1, 0.15) is 0 Å². The van der Waals surface area contributed by atoms with Gasteiger partial charge in [0.25, 0.3) is 0 Å². The molecule has 4 heterocycles. The molecule has 0 saturated carbocycles. The number of fused-ring (bicyclic) bond motifs is 3. The van der Waals surface area contributed by atoms with Crippen LogP contribution in [0.2, 0.25) is 0 Å². The Morgan fingerprint density at radius 2 is 2.47 bits per heavy atom. The van der Waals surface area contributed by atoms with E-state index in [-0.39, 0.29) is 0 Å². The maximum absolute atomic E-state index is 5.32. The van der Waals surface area contributed by atoms with E-state index in [0.29, 0.717) is 5.82 Å². The van der Waals surface area contributed by atoms with E-state index >= 15 is 0 Å². The number of thiazole rings is 1. The Balaban J connectivity index is 1.91. The minimum Gasteiger partial charge on any atom is -0.461 e. The quantitative estimate of drug-likeness (QED) is 0.710. The van der Waals surface area contributed by atoms with Crippen molar-refractivity contribution in [3.63, 3.8) is 0 Å². The summed E-state index contributed by atoms with van der Waals surface area (Å²) in [6.07, 6.45) is 2.65. The standard InChI is InChI=1S/C11H10N4OS/c1-2-8(16-5-1)10-13-11-15(14-10)7-3-4-12-6-9(7)17-11/h1-2,5,12H,3-4,6H2. The first kappa shape index (κ1) is 9.38. The van der Waals surface area contributed by atoms with Gasteiger partial charge >= 0.3 is 0 Å². The third kappa shape index (κ3) is 1.34. The van der Waals surface area contributed by atoms with Crippen molar-refractivity contribution in [1.29, 1.82) is 0 Å². The summed E-state index contributed by atoms with van der Waals surface area (Å²) in [5.74, 6) is 1.39. The van der Waals surface area contributed by atoms with Gasteiger partial charge in [0.05, 0.1) is 12.0 Å². The van der Waals surface area contributed by atoms with E-state index in [1.165, 1.54) is 10.6 Å². The van der Waals surface area contributed by atoms with Crippen LogP contribution in [-0.4, -0.2) is 21.1 Å². The highest BCUT2D eigenvalue weighted by molar-refractivity contribution is 7.17. The first-order valence-corrected chi connectivity index (χ1v) is 6.35. The molecule has 6 heteroatoms. The Bertz CT molecular complexity index is 667. The van der Waals surface area contributed by atoms with Gasteiger partial charge in [-0.2, -0.15) is 4.98 Å². The highest BCUT2D eigenvalue weighted by atomic mass is 32.1. The molecular weight excluding hydrogens is 236 g/mol. The smallest absolute Gasteiger partial charge is 0.218 e. The molecule has 0 aromatic carbocycles. The number of nitrogens with one attached hydrogen (secondary N) is 1. The van der Waals surface area contributed by atoms with Crippen LogP contribution in [0.4, 0.5) is 0 Å². The zero-order valence-electron chi connectivity index (χ0n) is 9.01. The predicted octanol–water partition coefficient (Wildman–Crippen LogP) is 1.70. The second kappa shape index (κ2) is 3.41. The van der Waals surface area contributed by atoms with Crippen LogP contribution in [0.15, 0.2) is 22.8 Å². The van der Waals surface area contributed by atoms with Crippen molar-refractivity contribution >= 4 is 16.3 Å². The fourth-order valence-electron chi connectivity index (χ4n) is 2.13. The zero-order chi connectivity index (χ0) is 11.2. The molecule has 5 nitrogen and oxygen atoms in total. The molecule has 1 aliphatic rings. The van der Waals surface area contributed by atoms with E-state index in [4.69, 9.17) is 4.42 Å². The van der Waals surface area contributed by atoms with Gasteiger partial charge < -0.3 is 9.73 Å². The molecule has 4 rings (SSSR count). The predicted molar refractivity (Wildman–Crippen MR) is 64.0 cm³/mol. The van der Waals surface area contributed by atoms with Crippen LogP contribution in [0.5, 0.6) is 0 Å². The summed E-state index contributed by atoms with van der Waals surface area (Å²) in [5, 5.41) is 7.88. The molecule has 0 amide bonds. The van der Waals surface area contributed by atoms with Crippen molar-refractivity contribution in [2.75, 3.05) is 6.54 Å². The molecule has 0 spiro atoms. The molecule has 0 bridgehead atoms. The fourth-order valence-corrected chi connectivity index (χ4v) is 3.20. The number of nitrogens with zero attached hydrogens (tertiary/aromatic N) is 3. The number of furan rings is 1. The van der Waals surface area contributed by atoms with Crippen LogP contribution in [-0.2, 0) is 13.0 Å². The summed E-state index contributed by atoms with van der Waals surface area (Å²) in [6.45, 7) is 1.94. The van der Waals surface area contributed by atoms with Gasteiger partial charge in [-0.3, -0.25) is 0 Å². The molecule has 0 radical (unpaired) electrons. The third-order valence-corrected chi connectivity index (χ3v) is 4.01. The molecule has 0 fully saturated rings. The van der Waals surface area contributed by atoms with Crippen LogP contribution in [0, 0.1) is 0 Å². The normalized spacial score (nSPS) is 15.3. The van der Waals surface area contributed by atoms with E-state index in [1.54, 1.807) is 17.6 Å². The Morgan fingerprint density at radius 1 is 1.47 bits per heavy atom. The van der Waals surface area contributed by atoms with E-state index < -0.39 is 0 Å². The molecule has 0 unspecified atom stereocenters. The molecule has 3 aromatic rings. The van der Waals surface area contributed by atoms with Crippen LogP contribution >= 0.6 is 11.3 Å². The highest BCUT2D eigenvalue weighted by Crippen LogP contribution is 2.27.